The third-order valence-electron chi connectivity index (χ3n) is 1.32. The smallest absolute Gasteiger partial charge is 0.108 e. The molecule has 1 heterocycles. The van der Waals surface area contributed by atoms with E-state index in [1.165, 1.54) is 5.17 Å². The van der Waals surface area contributed by atoms with Crippen LogP contribution in [0.25, 0.3) is 5.59 Å². The largest absolute Gasteiger partial charge is 0.368 e. The molecule has 7 heteroatoms. The Hall–Kier alpha value is -0.280. The predicted molar refractivity (Wildman–Crippen MR) is 40.7 cm³/mol. The molecule has 1 aliphatic rings. The highest BCUT2D eigenvalue weighted by Crippen LogP contribution is 2.17. The molecule has 1 fully saturated rings. The van der Waals surface area contributed by atoms with Crippen molar-refractivity contribution in [3.63, 3.8) is 0 Å². The minimum Gasteiger partial charge on any atom is -0.368 e. The quantitative estimate of drug-likeness (QED) is 0.463. The summed E-state index contributed by atoms with van der Waals surface area (Å²) in [7, 11) is 0. The Bertz CT molecular complexity index is 146. The average molecular weight is 177 g/mol. The number of nitrogens with zero attached hydrogens (tertiary/aromatic N) is 3. The topological polar surface area (TPSA) is 73.9 Å². The van der Waals surface area contributed by atoms with Crippen LogP contribution in [-0.4, -0.2) is 23.3 Å². The first-order valence-corrected chi connectivity index (χ1v) is 4.00. The molecule has 12 heavy (non-hydrogen) atoms. The number of hydroxylamine groups is 1. The fourth-order valence-electron chi connectivity index (χ4n) is 0.706. The van der Waals surface area contributed by atoms with Crippen LogP contribution in [-0.2, 0) is 9.88 Å². The Kier molecular flexibility index (Phi) is 3.35. The Morgan fingerprint density at radius 3 is 2.83 bits per heavy atom. The van der Waals surface area contributed by atoms with Gasteiger partial charge in [-0.25, -0.2) is 4.94 Å². The highest BCUT2D eigenvalue weighted by Gasteiger charge is 2.31. The third-order valence-corrected chi connectivity index (χ3v) is 1.32. The van der Waals surface area contributed by atoms with Gasteiger partial charge in [-0.3, -0.25) is 0 Å². The number of hydrogen-bond donors (Lipinski definition) is 2. The maximum Gasteiger partial charge on any atom is 0.108 e. The average Bonchev–Trinajstić information content (AvgIpc) is 2.45. The fourth-order valence-corrected chi connectivity index (χ4v) is 0.706. The second kappa shape index (κ2) is 4.10. The van der Waals surface area contributed by atoms with E-state index in [-0.39, 0.29) is 0 Å². The molecule has 1 unspecified atom stereocenters. The van der Waals surface area contributed by atoms with Crippen molar-refractivity contribution >= 4 is 0 Å². The van der Waals surface area contributed by atoms with Gasteiger partial charge in [0, 0.05) is 6.54 Å². The van der Waals surface area contributed by atoms with Crippen LogP contribution in [0.2, 0.25) is 0 Å². The lowest BCUT2D eigenvalue weighted by Gasteiger charge is -2.20. The molecule has 0 radical (unpaired) electrons. The predicted octanol–water partition coefficient (Wildman–Crippen LogP) is -0.0911. The van der Waals surface area contributed by atoms with Gasteiger partial charge in [0.05, 0.1) is 6.54 Å². The van der Waals surface area contributed by atoms with E-state index in [9.17, 15) is 0 Å². The van der Waals surface area contributed by atoms with Crippen molar-refractivity contribution in [1.82, 2.24) is 10.6 Å². The Morgan fingerprint density at radius 2 is 2.33 bits per heavy atom. The molecule has 0 amide bonds. The van der Waals surface area contributed by atoms with E-state index >= 15 is 0 Å². The lowest BCUT2D eigenvalue weighted by Crippen LogP contribution is -2.60. The fraction of sp³-hybridized carbons (Fsp3) is 1.00. The van der Waals surface area contributed by atoms with Crippen molar-refractivity contribution < 1.29 is 14.9 Å². The minimum atomic E-state index is -0.637. The molecule has 7 nitrogen and oxygen atoms in total. The van der Waals surface area contributed by atoms with E-state index in [1.54, 1.807) is 0 Å². The third kappa shape index (κ3) is 2.35. The monoisotopic (exact) mass is 177 g/mol. The van der Waals surface area contributed by atoms with E-state index in [0.717, 1.165) is 6.42 Å². The Morgan fingerprint density at radius 1 is 1.58 bits per heavy atom. The molecule has 1 rings (SSSR count). The van der Waals surface area contributed by atoms with Crippen LogP contribution in [0.3, 0.4) is 0 Å². The molecular formula is C5H15N5O2. The lowest BCUT2D eigenvalue weighted by atomic mass is 10.5. The molecule has 0 aromatic carbocycles. The zero-order valence-corrected chi connectivity index (χ0v) is 7.36. The lowest BCUT2D eigenvalue weighted by molar-refractivity contribution is -1.27. The van der Waals surface area contributed by atoms with E-state index in [0.29, 0.717) is 13.1 Å². The molecule has 0 aliphatic carbocycles. The first kappa shape index (κ1) is 9.81. The Balaban J connectivity index is 2.31. The molecule has 1 saturated heterocycles. The second-order valence-corrected chi connectivity index (χ2v) is 2.42. The van der Waals surface area contributed by atoms with Crippen LogP contribution in [0.5, 0.6) is 0 Å². The van der Waals surface area contributed by atoms with Gasteiger partial charge in [0.2, 0.25) is 0 Å². The molecule has 0 bridgehead atoms. The van der Waals surface area contributed by atoms with E-state index in [1.807, 2.05) is 13.8 Å². The zero-order valence-electron chi connectivity index (χ0n) is 7.36. The van der Waals surface area contributed by atoms with Gasteiger partial charge in [0.1, 0.15) is 5.03 Å². The summed E-state index contributed by atoms with van der Waals surface area (Å²) in [5, 5.41) is 0.629. The number of nitrogens with two attached hydrogens (primary N) is 1. The van der Waals surface area contributed by atoms with Gasteiger partial charge in [-0.1, -0.05) is 25.1 Å². The summed E-state index contributed by atoms with van der Waals surface area (Å²) in [5.74, 6) is 5.56. The molecule has 0 saturated carbocycles. The van der Waals surface area contributed by atoms with E-state index in [4.69, 9.17) is 15.7 Å². The van der Waals surface area contributed by atoms with Gasteiger partial charge >= 0.3 is 0 Å². The first-order chi connectivity index (χ1) is 5.70. The maximum atomic E-state index is 5.56. The second-order valence-electron chi connectivity index (χ2n) is 2.42. The maximum absolute atomic E-state index is 5.56. The van der Waals surface area contributed by atoms with Crippen molar-refractivity contribution in [2.45, 2.75) is 20.3 Å². The van der Waals surface area contributed by atoms with Crippen LogP contribution < -0.4 is 11.3 Å². The highest BCUT2D eigenvalue weighted by atomic mass is 17.2. The highest BCUT2D eigenvalue weighted by molar-refractivity contribution is 4.45. The van der Waals surface area contributed by atoms with Crippen LogP contribution >= 0.6 is 0 Å². The number of hydrogen-bond acceptors (Lipinski definition) is 5. The zero-order chi connectivity index (χ0) is 9.03. The summed E-state index contributed by atoms with van der Waals surface area (Å²) < 4.78 is 0. The van der Waals surface area contributed by atoms with Crippen LogP contribution in [0.15, 0.2) is 0 Å². The van der Waals surface area contributed by atoms with Crippen molar-refractivity contribution in [2.75, 3.05) is 13.1 Å². The van der Waals surface area contributed by atoms with Crippen molar-refractivity contribution in [3.05, 3.63) is 5.59 Å². The van der Waals surface area contributed by atoms with Crippen LogP contribution in [0.4, 0.5) is 0 Å². The number of nitrogens with one attached hydrogen (secondary N) is 1. The van der Waals surface area contributed by atoms with Gasteiger partial charge < -0.3 is 5.59 Å². The standard InChI is InChI=1S/C5H15N5O2/c1-3-5-7-10(6)11-8-9(4-2)12-10/h7H,3-6H2,1-2H3. The first-order valence-electron chi connectivity index (χ1n) is 4.00. The summed E-state index contributed by atoms with van der Waals surface area (Å²) in [4.78, 5) is 9.83. The molecular weight excluding hydrogens is 162 g/mol. The Labute approximate surface area is 71.3 Å². The molecule has 72 valence electrons. The summed E-state index contributed by atoms with van der Waals surface area (Å²) in [5.41, 5.74) is 6.36. The van der Waals surface area contributed by atoms with Crippen molar-refractivity contribution in [1.29, 1.82) is 0 Å². The van der Waals surface area contributed by atoms with Gasteiger partial charge in [0.25, 0.3) is 0 Å². The summed E-state index contributed by atoms with van der Waals surface area (Å²) in [6.07, 6.45) is 0.941. The number of quaternary nitrogens is 1. The SMILES string of the molecule is CCCN[N+]1(N)O[N-]N(CC)O1. The molecule has 1 aliphatic heterocycles. The molecule has 0 aromatic heterocycles. The van der Waals surface area contributed by atoms with Gasteiger partial charge in [-0.15, -0.1) is 0 Å². The molecule has 1 atom stereocenters. The summed E-state index contributed by atoms with van der Waals surface area (Å²) in [6, 6.07) is 0. The summed E-state index contributed by atoms with van der Waals surface area (Å²) in [6.45, 7) is 5.18. The van der Waals surface area contributed by atoms with Gasteiger partial charge in [0.15, 0.2) is 0 Å². The van der Waals surface area contributed by atoms with Crippen molar-refractivity contribution in [2.24, 2.45) is 5.84 Å². The van der Waals surface area contributed by atoms with Crippen LogP contribution in [0, 0.1) is 0 Å². The number of rotatable bonds is 4. The normalized spacial score (nSPS) is 31.2. The van der Waals surface area contributed by atoms with Crippen LogP contribution in [0.1, 0.15) is 20.3 Å². The molecule has 3 N–H and O–H groups in total. The van der Waals surface area contributed by atoms with E-state index in [2.05, 4.69) is 11.0 Å². The van der Waals surface area contributed by atoms with Gasteiger partial charge in [-0.05, 0) is 11.4 Å². The van der Waals surface area contributed by atoms with E-state index < -0.39 is 5.03 Å². The molecule has 0 aromatic rings. The van der Waals surface area contributed by atoms with Gasteiger partial charge in [-0.2, -0.15) is 5.17 Å². The minimum absolute atomic E-state index is 0.588. The van der Waals surface area contributed by atoms with Crippen molar-refractivity contribution in [3.8, 4) is 0 Å². The summed E-state index contributed by atoms with van der Waals surface area (Å²) >= 11 is 0. The molecule has 0 spiro atoms.